The SMILES string of the molecule is CCN(c1ccccc1)S(=O)(=O)c1cccc(C(=O)N2CCC(C(O)c3ccccc3)CC2)c1. The van der Waals surface area contributed by atoms with Crippen molar-refractivity contribution >= 4 is 21.6 Å². The summed E-state index contributed by atoms with van der Waals surface area (Å²) in [5, 5.41) is 10.7. The third-order valence-corrected chi connectivity index (χ3v) is 8.31. The summed E-state index contributed by atoms with van der Waals surface area (Å²) in [4.78, 5) is 15.0. The largest absolute Gasteiger partial charge is 0.388 e. The highest BCUT2D eigenvalue weighted by atomic mass is 32.2. The van der Waals surface area contributed by atoms with Crippen LogP contribution in [0.4, 0.5) is 5.69 Å². The number of hydrogen-bond acceptors (Lipinski definition) is 4. The number of nitrogens with zero attached hydrogens (tertiary/aromatic N) is 2. The monoisotopic (exact) mass is 478 g/mol. The van der Waals surface area contributed by atoms with Gasteiger partial charge in [-0.15, -0.1) is 0 Å². The van der Waals surface area contributed by atoms with Crippen LogP contribution in [0.2, 0.25) is 0 Å². The van der Waals surface area contributed by atoms with E-state index in [1.165, 1.54) is 16.4 Å². The number of para-hydroxylation sites is 1. The van der Waals surface area contributed by atoms with Gasteiger partial charge in [-0.2, -0.15) is 0 Å². The molecule has 0 bridgehead atoms. The zero-order valence-electron chi connectivity index (χ0n) is 19.2. The van der Waals surface area contributed by atoms with Crippen molar-refractivity contribution in [3.8, 4) is 0 Å². The summed E-state index contributed by atoms with van der Waals surface area (Å²) in [5.41, 5.74) is 1.83. The molecule has 1 heterocycles. The molecule has 1 unspecified atom stereocenters. The van der Waals surface area contributed by atoms with Crippen LogP contribution >= 0.6 is 0 Å². The van der Waals surface area contributed by atoms with Gasteiger partial charge in [-0.3, -0.25) is 9.10 Å². The highest BCUT2D eigenvalue weighted by molar-refractivity contribution is 7.92. The molecule has 1 atom stereocenters. The van der Waals surface area contributed by atoms with E-state index in [4.69, 9.17) is 0 Å². The average Bonchev–Trinajstić information content (AvgIpc) is 2.89. The Balaban J connectivity index is 1.47. The van der Waals surface area contributed by atoms with E-state index in [2.05, 4.69) is 0 Å². The summed E-state index contributed by atoms with van der Waals surface area (Å²) < 4.78 is 28.0. The summed E-state index contributed by atoms with van der Waals surface area (Å²) in [6.07, 6.45) is 0.833. The van der Waals surface area contributed by atoms with Gasteiger partial charge in [0.15, 0.2) is 0 Å². The lowest BCUT2D eigenvalue weighted by molar-refractivity contribution is 0.0462. The number of rotatable bonds is 7. The van der Waals surface area contributed by atoms with Crippen LogP contribution in [-0.4, -0.2) is 44.0 Å². The number of benzene rings is 3. The minimum absolute atomic E-state index is 0.0853. The van der Waals surface area contributed by atoms with E-state index >= 15 is 0 Å². The van der Waals surface area contributed by atoms with Crippen molar-refractivity contribution in [2.75, 3.05) is 23.9 Å². The molecule has 6 nitrogen and oxygen atoms in total. The van der Waals surface area contributed by atoms with Crippen LogP contribution in [0.5, 0.6) is 0 Å². The molecular formula is C27H30N2O4S. The molecule has 1 aliphatic heterocycles. The third kappa shape index (κ3) is 5.00. The van der Waals surface area contributed by atoms with Crippen LogP contribution in [0.25, 0.3) is 0 Å². The molecule has 1 fully saturated rings. The van der Waals surface area contributed by atoms with E-state index in [0.717, 1.165) is 5.56 Å². The molecule has 3 aromatic rings. The maximum Gasteiger partial charge on any atom is 0.264 e. The molecule has 1 saturated heterocycles. The quantitative estimate of drug-likeness (QED) is 0.543. The predicted octanol–water partition coefficient (Wildman–Crippen LogP) is 4.49. The van der Waals surface area contributed by atoms with Gasteiger partial charge >= 0.3 is 0 Å². The highest BCUT2D eigenvalue weighted by Crippen LogP contribution is 2.31. The first kappa shape index (κ1) is 24.0. The van der Waals surface area contributed by atoms with Crippen LogP contribution in [-0.2, 0) is 10.0 Å². The van der Waals surface area contributed by atoms with Crippen LogP contribution < -0.4 is 4.31 Å². The topological polar surface area (TPSA) is 77.9 Å². The number of amides is 1. The Morgan fingerprint density at radius 1 is 0.971 bits per heavy atom. The third-order valence-electron chi connectivity index (χ3n) is 6.41. The van der Waals surface area contributed by atoms with E-state index in [1.54, 1.807) is 48.2 Å². The van der Waals surface area contributed by atoms with Crippen LogP contribution in [0.3, 0.4) is 0 Å². The highest BCUT2D eigenvalue weighted by Gasteiger charge is 2.30. The van der Waals surface area contributed by atoms with Gasteiger partial charge < -0.3 is 10.0 Å². The molecule has 0 saturated carbocycles. The molecule has 4 rings (SSSR count). The molecule has 1 aliphatic rings. The molecule has 0 radical (unpaired) electrons. The van der Waals surface area contributed by atoms with Crippen LogP contribution in [0, 0.1) is 5.92 Å². The maximum atomic E-state index is 13.3. The fourth-order valence-corrected chi connectivity index (χ4v) is 6.05. The van der Waals surface area contributed by atoms with E-state index in [1.807, 2.05) is 36.4 Å². The number of piperidine rings is 1. The number of carbonyl (C=O) groups excluding carboxylic acids is 1. The number of aliphatic hydroxyl groups excluding tert-OH is 1. The summed E-state index contributed by atoms with van der Waals surface area (Å²) in [6, 6.07) is 24.8. The van der Waals surface area contributed by atoms with Crippen LogP contribution in [0.1, 0.15) is 41.8 Å². The Morgan fingerprint density at radius 2 is 1.59 bits per heavy atom. The minimum atomic E-state index is -3.81. The van der Waals surface area contributed by atoms with Crippen LogP contribution in [0.15, 0.2) is 89.8 Å². The smallest absolute Gasteiger partial charge is 0.264 e. The molecule has 3 aromatic carbocycles. The first-order chi connectivity index (χ1) is 16.4. The van der Waals surface area contributed by atoms with E-state index in [9.17, 15) is 18.3 Å². The number of sulfonamides is 1. The van der Waals surface area contributed by atoms with Gasteiger partial charge in [0.05, 0.1) is 16.7 Å². The van der Waals surface area contributed by atoms with Crippen molar-refractivity contribution in [2.24, 2.45) is 5.92 Å². The first-order valence-corrected chi connectivity index (χ1v) is 13.1. The van der Waals surface area contributed by atoms with Crippen molar-refractivity contribution in [1.29, 1.82) is 0 Å². The first-order valence-electron chi connectivity index (χ1n) is 11.6. The van der Waals surface area contributed by atoms with Gasteiger partial charge in [0, 0.05) is 25.2 Å². The summed E-state index contributed by atoms with van der Waals surface area (Å²) in [5.74, 6) is -0.102. The van der Waals surface area contributed by atoms with E-state index < -0.39 is 16.1 Å². The Morgan fingerprint density at radius 3 is 2.21 bits per heavy atom. The maximum absolute atomic E-state index is 13.3. The minimum Gasteiger partial charge on any atom is -0.388 e. The molecule has 34 heavy (non-hydrogen) atoms. The fraction of sp³-hybridized carbons (Fsp3) is 0.296. The lowest BCUT2D eigenvalue weighted by Crippen LogP contribution is -2.40. The lowest BCUT2D eigenvalue weighted by Gasteiger charge is -2.34. The second kappa shape index (κ2) is 10.4. The predicted molar refractivity (Wildman–Crippen MR) is 133 cm³/mol. The summed E-state index contributed by atoms with van der Waals surface area (Å²) in [6.45, 7) is 3.11. The molecule has 1 amide bonds. The zero-order chi connectivity index (χ0) is 24.1. The molecule has 0 spiro atoms. The normalized spacial score (nSPS) is 15.6. The Kier molecular flexibility index (Phi) is 7.34. The molecule has 1 N–H and O–H groups in total. The standard InChI is InChI=1S/C27H30N2O4S/c1-2-29(24-13-7-4-8-14-24)34(32,33)25-15-9-12-23(20-25)27(31)28-18-16-22(17-19-28)26(30)21-10-5-3-6-11-21/h3-15,20,22,26,30H,2,16-19H2,1H3. The average molecular weight is 479 g/mol. The number of anilines is 1. The Bertz CT molecular complexity index is 1210. The second-order valence-electron chi connectivity index (χ2n) is 8.52. The van der Waals surface area contributed by atoms with Crippen molar-refractivity contribution in [2.45, 2.75) is 30.8 Å². The number of hydrogen-bond donors (Lipinski definition) is 1. The molecule has 178 valence electrons. The van der Waals surface area contributed by atoms with Gasteiger partial charge in [0.2, 0.25) is 0 Å². The second-order valence-corrected chi connectivity index (χ2v) is 10.4. The fourth-order valence-electron chi connectivity index (χ4n) is 4.53. The van der Waals surface area contributed by atoms with Gasteiger partial charge in [0.1, 0.15) is 0 Å². The zero-order valence-corrected chi connectivity index (χ0v) is 20.1. The van der Waals surface area contributed by atoms with E-state index in [0.29, 0.717) is 37.2 Å². The van der Waals surface area contributed by atoms with E-state index in [-0.39, 0.29) is 23.3 Å². The van der Waals surface area contributed by atoms with Gasteiger partial charge in [-0.05, 0) is 61.6 Å². The van der Waals surface area contributed by atoms with Crippen molar-refractivity contribution < 1.29 is 18.3 Å². The number of carbonyl (C=O) groups is 1. The van der Waals surface area contributed by atoms with Crippen molar-refractivity contribution in [3.63, 3.8) is 0 Å². The molecular weight excluding hydrogens is 448 g/mol. The molecule has 7 heteroatoms. The Hall–Kier alpha value is -3.16. The van der Waals surface area contributed by atoms with Gasteiger partial charge in [-0.1, -0.05) is 54.6 Å². The summed E-state index contributed by atoms with van der Waals surface area (Å²) >= 11 is 0. The number of aliphatic hydroxyl groups is 1. The van der Waals surface area contributed by atoms with Gasteiger partial charge in [-0.25, -0.2) is 8.42 Å². The summed E-state index contributed by atoms with van der Waals surface area (Å²) in [7, 11) is -3.81. The Labute approximate surface area is 201 Å². The molecule has 0 aromatic heterocycles. The lowest BCUT2D eigenvalue weighted by atomic mass is 9.87. The molecule has 0 aliphatic carbocycles. The van der Waals surface area contributed by atoms with Gasteiger partial charge in [0.25, 0.3) is 15.9 Å². The number of likely N-dealkylation sites (tertiary alicyclic amines) is 1. The van der Waals surface area contributed by atoms with Crippen molar-refractivity contribution in [3.05, 3.63) is 96.1 Å². The van der Waals surface area contributed by atoms with Crippen molar-refractivity contribution in [1.82, 2.24) is 4.90 Å².